The monoisotopic (exact) mass is 404 g/mol. The lowest BCUT2D eigenvalue weighted by molar-refractivity contribution is -0.111. The number of carbonyl (C=O) groups excluding carboxylic acids is 1. The molecule has 0 atom stereocenters. The van der Waals surface area contributed by atoms with Crippen molar-refractivity contribution < 1.29 is 9.21 Å². The molecule has 6 heteroatoms. The summed E-state index contributed by atoms with van der Waals surface area (Å²) in [5.74, 6) is 2.32. The molecule has 1 aliphatic heterocycles. The number of aromatic nitrogens is 1. The highest BCUT2D eigenvalue weighted by Gasteiger charge is 2.17. The van der Waals surface area contributed by atoms with Gasteiger partial charge in [0.2, 0.25) is 5.91 Å². The van der Waals surface area contributed by atoms with E-state index in [1.807, 2.05) is 37.3 Å². The van der Waals surface area contributed by atoms with Gasteiger partial charge in [0.25, 0.3) is 0 Å². The molecule has 1 saturated heterocycles. The van der Waals surface area contributed by atoms with E-state index in [9.17, 15) is 4.79 Å². The molecule has 3 aromatic rings. The number of rotatable bonds is 5. The summed E-state index contributed by atoms with van der Waals surface area (Å²) in [6, 6.07) is 11.7. The minimum absolute atomic E-state index is 0.195. The third kappa shape index (κ3) is 4.54. The summed E-state index contributed by atoms with van der Waals surface area (Å²) >= 11 is 0. The molecule has 1 amide bonds. The Hall–Kier alpha value is -3.12. The first-order valence-corrected chi connectivity index (χ1v) is 10.5. The first-order valence-electron chi connectivity index (χ1n) is 10.5. The van der Waals surface area contributed by atoms with Gasteiger partial charge in [-0.15, -0.1) is 0 Å². The molecule has 0 bridgehead atoms. The van der Waals surface area contributed by atoms with Gasteiger partial charge >= 0.3 is 0 Å². The van der Waals surface area contributed by atoms with Crippen LogP contribution in [0.3, 0.4) is 0 Å². The molecule has 3 heterocycles. The fraction of sp³-hybridized carbons (Fsp3) is 0.333. The molecule has 1 N–H and O–H groups in total. The number of pyridine rings is 1. The predicted octanol–water partition coefficient (Wildman–Crippen LogP) is 4.24. The van der Waals surface area contributed by atoms with Crippen LogP contribution in [0.4, 0.5) is 11.5 Å². The predicted molar refractivity (Wildman–Crippen MR) is 122 cm³/mol. The Morgan fingerprint density at radius 1 is 1.13 bits per heavy atom. The Kier molecular flexibility index (Phi) is 5.86. The highest BCUT2D eigenvalue weighted by molar-refractivity contribution is 6.03. The molecule has 0 aliphatic carbocycles. The van der Waals surface area contributed by atoms with E-state index in [2.05, 4.69) is 35.0 Å². The maximum absolute atomic E-state index is 12.3. The van der Waals surface area contributed by atoms with Crippen molar-refractivity contribution in [2.75, 3.05) is 42.9 Å². The van der Waals surface area contributed by atoms with Crippen LogP contribution < -0.4 is 10.2 Å². The standard InChI is InChI=1S/C24H28N4O2/c1-4-27-11-13-28(14-12-27)23-15-17(2)21-16-19(6-9-22(21)26-23)25-24(29)10-8-20-7-5-18(3)30-20/h5-10,15-16H,4,11-14H2,1-3H3,(H,25,29). The van der Waals surface area contributed by atoms with Gasteiger partial charge in [0.1, 0.15) is 17.3 Å². The van der Waals surface area contributed by atoms with Crippen LogP contribution in [0.1, 0.15) is 24.0 Å². The molecule has 0 spiro atoms. The summed E-state index contributed by atoms with van der Waals surface area (Å²) < 4.78 is 5.45. The van der Waals surface area contributed by atoms with E-state index in [4.69, 9.17) is 9.40 Å². The number of fused-ring (bicyclic) bond motifs is 1. The van der Waals surface area contributed by atoms with E-state index in [1.54, 1.807) is 6.08 Å². The first kappa shape index (κ1) is 20.2. The van der Waals surface area contributed by atoms with E-state index in [1.165, 1.54) is 6.08 Å². The van der Waals surface area contributed by atoms with Crippen molar-refractivity contribution in [3.63, 3.8) is 0 Å². The van der Waals surface area contributed by atoms with Crippen LogP contribution in [0.15, 0.2) is 46.9 Å². The lowest BCUT2D eigenvalue weighted by atomic mass is 10.1. The van der Waals surface area contributed by atoms with E-state index in [-0.39, 0.29) is 5.91 Å². The van der Waals surface area contributed by atoms with Gasteiger partial charge in [-0.25, -0.2) is 4.98 Å². The average Bonchev–Trinajstić information content (AvgIpc) is 3.18. The highest BCUT2D eigenvalue weighted by Crippen LogP contribution is 2.26. The van der Waals surface area contributed by atoms with Crippen LogP contribution >= 0.6 is 0 Å². The van der Waals surface area contributed by atoms with Crippen LogP contribution in [0, 0.1) is 13.8 Å². The number of piperazine rings is 1. The molecular weight excluding hydrogens is 376 g/mol. The van der Waals surface area contributed by atoms with Gasteiger partial charge in [0.15, 0.2) is 0 Å². The number of anilines is 2. The van der Waals surface area contributed by atoms with Crippen LogP contribution in [-0.4, -0.2) is 48.5 Å². The topological polar surface area (TPSA) is 61.6 Å². The molecule has 0 saturated carbocycles. The number of aryl methyl sites for hydroxylation is 2. The molecular formula is C24H28N4O2. The Balaban J connectivity index is 1.48. The molecule has 1 aliphatic rings. The zero-order valence-corrected chi connectivity index (χ0v) is 17.8. The quantitative estimate of drug-likeness (QED) is 0.645. The van der Waals surface area contributed by atoms with E-state index in [0.717, 1.165) is 66.5 Å². The molecule has 6 nitrogen and oxygen atoms in total. The summed E-state index contributed by atoms with van der Waals surface area (Å²) in [7, 11) is 0. The number of nitrogens with zero attached hydrogens (tertiary/aromatic N) is 3. The zero-order valence-electron chi connectivity index (χ0n) is 17.8. The summed E-state index contributed by atoms with van der Waals surface area (Å²) in [6.07, 6.45) is 3.15. The minimum Gasteiger partial charge on any atom is -0.462 e. The number of benzene rings is 1. The second-order valence-electron chi connectivity index (χ2n) is 7.72. The number of hydrogen-bond donors (Lipinski definition) is 1. The molecule has 156 valence electrons. The van der Waals surface area contributed by atoms with Crippen molar-refractivity contribution in [1.29, 1.82) is 0 Å². The highest BCUT2D eigenvalue weighted by atomic mass is 16.3. The number of nitrogens with one attached hydrogen (secondary N) is 1. The second-order valence-corrected chi connectivity index (χ2v) is 7.72. The van der Waals surface area contributed by atoms with Gasteiger partial charge in [-0.3, -0.25) is 4.79 Å². The van der Waals surface area contributed by atoms with Crippen molar-refractivity contribution in [1.82, 2.24) is 9.88 Å². The van der Waals surface area contributed by atoms with Crippen LogP contribution in [0.5, 0.6) is 0 Å². The van der Waals surface area contributed by atoms with Crippen LogP contribution in [-0.2, 0) is 4.79 Å². The van der Waals surface area contributed by atoms with Gasteiger partial charge in [0, 0.05) is 43.3 Å². The fourth-order valence-corrected chi connectivity index (χ4v) is 3.79. The van der Waals surface area contributed by atoms with Crippen molar-refractivity contribution >= 4 is 34.4 Å². The van der Waals surface area contributed by atoms with Crippen LogP contribution in [0.25, 0.3) is 17.0 Å². The molecule has 30 heavy (non-hydrogen) atoms. The van der Waals surface area contributed by atoms with E-state index in [0.29, 0.717) is 5.76 Å². The van der Waals surface area contributed by atoms with Gasteiger partial charge in [-0.05, 0) is 68.4 Å². The Bertz CT molecular complexity index is 1080. The summed E-state index contributed by atoms with van der Waals surface area (Å²) in [6.45, 7) is 11.4. The number of carbonyl (C=O) groups is 1. The number of furan rings is 1. The first-order chi connectivity index (χ1) is 14.5. The van der Waals surface area contributed by atoms with Crippen molar-refractivity contribution in [3.8, 4) is 0 Å². The van der Waals surface area contributed by atoms with Crippen molar-refractivity contribution in [2.45, 2.75) is 20.8 Å². The molecule has 4 rings (SSSR count). The van der Waals surface area contributed by atoms with E-state index < -0.39 is 0 Å². The number of likely N-dealkylation sites (N-methyl/N-ethyl adjacent to an activating group) is 1. The number of hydrogen-bond acceptors (Lipinski definition) is 5. The molecule has 2 aromatic heterocycles. The van der Waals surface area contributed by atoms with Gasteiger partial charge in [0.05, 0.1) is 5.52 Å². The van der Waals surface area contributed by atoms with Crippen LogP contribution in [0.2, 0.25) is 0 Å². The Labute approximate surface area is 177 Å². The zero-order chi connectivity index (χ0) is 21.1. The molecule has 0 radical (unpaired) electrons. The molecule has 1 fully saturated rings. The van der Waals surface area contributed by atoms with Crippen molar-refractivity contribution in [2.24, 2.45) is 0 Å². The Morgan fingerprint density at radius 3 is 2.63 bits per heavy atom. The largest absolute Gasteiger partial charge is 0.462 e. The molecule has 0 unspecified atom stereocenters. The second kappa shape index (κ2) is 8.71. The minimum atomic E-state index is -0.195. The van der Waals surface area contributed by atoms with E-state index >= 15 is 0 Å². The lowest BCUT2D eigenvalue weighted by Gasteiger charge is -2.35. The smallest absolute Gasteiger partial charge is 0.248 e. The lowest BCUT2D eigenvalue weighted by Crippen LogP contribution is -2.46. The SMILES string of the molecule is CCN1CCN(c2cc(C)c3cc(NC(=O)C=Cc4ccc(C)o4)ccc3n2)CC1. The fourth-order valence-electron chi connectivity index (χ4n) is 3.79. The third-order valence-corrected chi connectivity index (χ3v) is 5.57. The van der Waals surface area contributed by atoms with Gasteiger partial charge < -0.3 is 19.5 Å². The van der Waals surface area contributed by atoms with Crippen molar-refractivity contribution in [3.05, 3.63) is 59.6 Å². The normalized spacial score (nSPS) is 15.2. The molecule has 1 aromatic carbocycles. The summed E-state index contributed by atoms with van der Waals surface area (Å²) in [5.41, 5.74) is 2.86. The third-order valence-electron chi connectivity index (χ3n) is 5.57. The number of amides is 1. The van der Waals surface area contributed by atoms with Gasteiger partial charge in [-0.2, -0.15) is 0 Å². The summed E-state index contributed by atoms with van der Waals surface area (Å²) in [5, 5.41) is 3.97. The maximum Gasteiger partial charge on any atom is 0.248 e. The Morgan fingerprint density at radius 2 is 1.93 bits per heavy atom. The van der Waals surface area contributed by atoms with Gasteiger partial charge in [-0.1, -0.05) is 6.92 Å². The average molecular weight is 405 g/mol. The maximum atomic E-state index is 12.3. The summed E-state index contributed by atoms with van der Waals surface area (Å²) in [4.78, 5) is 22.0.